The average molecular weight is 364 g/mol. The Kier molecular flexibility index (Phi) is 10.3. The molecule has 0 aliphatic carbocycles. The van der Waals surface area contributed by atoms with Crippen molar-refractivity contribution in [3.8, 4) is 17.2 Å². The molecular formula is C21H32O5. The number of hydrogen-bond acceptors (Lipinski definition) is 5. The predicted octanol–water partition coefficient (Wildman–Crippen LogP) is 5.02. The first kappa shape index (κ1) is 21.9. The Hall–Kier alpha value is -2.17. The summed E-state index contributed by atoms with van der Waals surface area (Å²) < 4.78 is 22.8. The summed E-state index contributed by atoms with van der Waals surface area (Å²) in [5.74, 6) is 1.47. The molecule has 0 fully saturated rings. The largest absolute Gasteiger partial charge is 0.490 e. The third-order valence-corrected chi connectivity index (χ3v) is 3.22. The normalized spacial score (nSPS) is 11.0. The van der Waals surface area contributed by atoms with Crippen LogP contribution in [0.1, 0.15) is 59.4 Å². The first-order valence-corrected chi connectivity index (χ1v) is 9.47. The molecule has 5 heteroatoms. The number of esters is 1. The molecule has 5 nitrogen and oxygen atoms in total. The molecule has 0 aliphatic rings. The van der Waals surface area contributed by atoms with Crippen molar-refractivity contribution < 1.29 is 23.7 Å². The summed E-state index contributed by atoms with van der Waals surface area (Å²) in [6.45, 7) is 11.5. The molecular weight excluding hydrogens is 332 g/mol. The Morgan fingerprint density at radius 1 is 0.923 bits per heavy atom. The minimum atomic E-state index is -0.385. The van der Waals surface area contributed by atoms with Crippen LogP contribution in [-0.4, -0.2) is 31.9 Å². The summed E-state index contributed by atoms with van der Waals surface area (Å²) in [5.41, 5.74) is 0.758. The smallest absolute Gasteiger partial charge is 0.331 e. The van der Waals surface area contributed by atoms with Crippen LogP contribution in [-0.2, 0) is 9.53 Å². The van der Waals surface area contributed by atoms with E-state index in [4.69, 9.17) is 18.9 Å². The first-order valence-electron chi connectivity index (χ1n) is 9.47. The van der Waals surface area contributed by atoms with Gasteiger partial charge in [-0.1, -0.05) is 20.8 Å². The summed E-state index contributed by atoms with van der Waals surface area (Å²) in [5, 5.41) is 0. The Morgan fingerprint density at radius 3 is 2.08 bits per heavy atom. The van der Waals surface area contributed by atoms with E-state index >= 15 is 0 Å². The van der Waals surface area contributed by atoms with E-state index in [2.05, 4.69) is 6.92 Å². The summed E-state index contributed by atoms with van der Waals surface area (Å²) in [4.78, 5) is 11.8. The van der Waals surface area contributed by atoms with Crippen molar-refractivity contribution in [1.29, 1.82) is 0 Å². The van der Waals surface area contributed by atoms with Gasteiger partial charge in [0.25, 0.3) is 0 Å². The highest BCUT2D eigenvalue weighted by Crippen LogP contribution is 2.41. The van der Waals surface area contributed by atoms with E-state index in [0.717, 1.165) is 24.8 Å². The lowest BCUT2D eigenvalue weighted by Crippen LogP contribution is -2.08. The first-order chi connectivity index (χ1) is 12.5. The number of carbonyl (C=O) groups is 1. The van der Waals surface area contributed by atoms with Crippen LogP contribution in [0.3, 0.4) is 0 Å². The monoisotopic (exact) mass is 364 g/mol. The fourth-order valence-electron chi connectivity index (χ4n) is 2.14. The van der Waals surface area contributed by atoms with Gasteiger partial charge in [0.15, 0.2) is 11.5 Å². The van der Waals surface area contributed by atoms with Crippen LogP contribution in [0.5, 0.6) is 17.2 Å². The Balaban J connectivity index is 3.21. The van der Waals surface area contributed by atoms with Crippen LogP contribution < -0.4 is 14.2 Å². The van der Waals surface area contributed by atoms with Crippen molar-refractivity contribution >= 4 is 12.0 Å². The molecule has 1 aromatic rings. The van der Waals surface area contributed by atoms with E-state index < -0.39 is 0 Å². The van der Waals surface area contributed by atoms with Gasteiger partial charge in [-0.3, -0.25) is 0 Å². The molecule has 0 N–H and O–H groups in total. The molecule has 0 bridgehead atoms. The van der Waals surface area contributed by atoms with E-state index in [1.54, 1.807) is 6.08 Å². The second kappa shape index (κ2) is 12.2. The molecule has 0 radical (unpaired) electrons. The van der Waals surface area contributed by atoms with Gasteiger partial charge in [0, 0.05) is 11.6 Å². The molecule has 1 aromatic carbocycles. The topological polar surface area (TPSA) is 54.0 Å². The zero-order valence-corrected chi connectivity index (χ0v) is 16.7. The van der Waals surface area contributed by atoms with Crippen molar-refractivity contribution in [2.75, 3.05) is 19.8 Å². The van der Waals surface area contributed by atoms with Crippen molar-refractivity contribution in [3.05, 3.63) is 23.8 Å². The second-order valence-corrected chi connectivity index (χ2v) is 6.18. The molecule has 0 amide bonds. The van der Waals surface area contributed by atoms with Crippen LogP contribution in [0.4, 0.5) is 0 Å². The Labute approximate surface area is 157 Å². The third-order valence-electron chi connectivity index (χ3n) is 3.22. The zero-order chi connectivity index (χ0) is 19.4. The molecule has 0 atom stereocenters. The van der Waals surface area contributed by atoms with Gasteiger partial charge in [-0.25, -0.2) is 4.79 Å². The third kappa shape index (κ3) is 7.38. The number of benzene rings is 1. The lowest BCUT2D eigenvalue weighted by Gasteiger charge is -2.18. The highest BCUT2D eigenvalue weighted by molar-refractivity contribution is 5.88. The van der Waals surface area contributed by atoms with Crippen LogP contribution >= 0.6 is 0 Å². The average Bonchev–Trinajstić information content (AvgIpc) is 2.61. The van der Waals surface area contributed by atoms with Crippen LogP contribution in [0, 0.1) is 0 Å². The maximum atomic E-state index is 11.8. The molecule has 0 spiro atoms. The minimum Gasteiger partial charge on any atom is -0.490 e. The SMILES string of the molecule is CCCOc1ccc(C=CC(=O)OC(C)C)c(OCCC)c1OCCC. The molecule has 0 aliphatic heterocycles. The van der Waals surface area contributed by atoms with Crippen molar-refractivity contribution in [2.45, 2.75) is 60.0 Å². The molecule has 0 aromatic heterocycles. The van der Waals surface area contributed by atoms with E-state index in [1.165, 1.54) is 6.08 Å². The maximum absolute atomic E-state index is 11.8. The van der Waals surface area contributed by atoms with Crippen molar-refractivity contribution in [3.63, 3.8) is 0 Å². The Morgan fingerprint density at radius 2 is 1.50 bits per heavy atom. The highest BCUT2D eigenvalue weighted by atomic mass is 16.5. The highest BCUT2D eigenvalue weighted by Gasteiger charge is 2.17. The van der Waals surface area contributed by atoms with Gasteiger partial charge in [-0.15, -0.1) is 0 Å². The van der Waals surface area contributed by atoms with Gasteiger partial charge < -0.3 is 18.9 Å². The van der Waals surface area contributed by atoms with Crippen LogP contribution in [0.15, 0.2) is 18.2 Å². The molecule has 0 saturated carbocycles. The number of carbonyl (C=O) groups excluding carboxylic acids is 1. The number of rotatable bonds is 12. The fourth-order valence-corrected chi connectivity index (χ4v) is 2.14. The molecule has 0 saturated heterocycles. The van der Waals surface area contributed by atoms with Gasteiger partial charge in [-0.05, 0) is 51.3 Å². The van der Waals surface area contributed by atoms with Crippen LogP contribution in [0.25, 0.3) is 6.08 Å². The molecule has 1 rings (SSSR count). The quantitative estimate of drug-likeness (QED) is 0.385. The lowest BCUT2D eigenvalue weighted by molar-refractivity contribution is -0.141. The van der Waals surface area contributed by atoms with E-state index in [9.17, 15) is 4.79 Å². The lowest BCUT2D eigenvalue weighted by atomic mass is 10.1. The van der Waals surface area contributed by atoms with Crippen LogP contribution in [0.2, 0.25) is 0 Å². The van der Waals surface area contributed by atoms with Gasteiger partial charge >= 0.3 is 5.97 Å². The summed E-state index contributed by atoms with van der Waals surface area (Å²) >= 11 is 0. The van der Waals surface area contributed by atoms with E-state index in [0.29, 0.717) is 37.1 Å². The summed E-state index contributed by atoms with van der Waals surface area (Å²) in [6.07, 6.45) is 5.59. The molecule has 0 unspecified atom stereocenters. The Bertz CT molecular complexity index is 578. The summed E-state index contributed by atoms with van der Waals surface area (Å²) in [6, 6.07) is 3.72. The minimum absolute atomic E-state index is 0.156. The van der Waals surface area contributed by atoms with E-state index in [1.807, 2.05) is 39.8 Å². The number of hydrogen-bond donors (Lipinski definition) is 0. The zero-order valence-electron chi connectivity index (χ0n) is 16.7. The second-order valence-electron chi connectivity index (χ2n) is 6.18. The fraction of sp³-hybridized carbons (Fsp3) is 0.571. The molecule has 26 heavy (non-hydrogen) atoms. The van der Waals surface area contributed by atoms with Gasteiger partial charge in [-0.2, -0.15) is 0 Å². The summed E-state index contributed by atoms with van der Waals surface area (Å²) in [7, 11) is 0. The van der Waals surface area contributed by atoms with Crippen molar-refractivity contribution in [1.82, 2.24) is 0 Å². The molecule has 146 valence electrons. The standard InChI is InChI=1S/C21H32O5/c1-6-13-23-18-11-9-17(10-12-19(22)26-16(4)5)20(24-14-7-2)21(18)25-15-8-3/h9-12,16H,6-8,13-15H2,1-5H3. The maximum Gasteiger partial charge on any atom is 0.331 e. The molecule has 0 heterocycles. The van der Waals surface area contributed by atoms with Gasteiger partial charge in [0.05, 0.1) is 25.9 Å². The van der Waals surface area contributed by atoms with Gasteiger partial charge in [0.1, 0.15) is 0 Å². The predicted molar refractivity (Wildman–Crippen MR) is 104 cm³/mol. The van der Waals surface area contributed by atoms with E-state index in [-0.39, 0.29) is 12.1 Å². The number of ether oxygens (including phenoxy) is 4. The van der Waals surface area contributed by atoms with Gasteiger partial charge in [0.2, 0.25) is 5.75 Å². The van der Waals surface area contributed by atoms with Crippen molar-refractivity contribution in [2.24, 2.45) is 0 Å².